The average molecular weight is 515 g/mol. The predicted octanol–water partition coefficient (Wildman–Crippen LogP) is 6.08. The van der Waals surface area contributed by atoms with Crippen molar-refractivity contribution in [1.29, 1.82) is 0 Å². The first-order valence-corrected chi connectivity index (χ1v) is 13.7. The van der Waals surface area contributed by atoms with Gasteiger partial charge in [0.05, 0.1) is 6.04 Å². The van der Waals surface area contributed by atoms with E-state index in [4.69, 9.17) is 4.74 Å². The van der Waals surface area contributed by atoms with Crippen molar-refractivity contribution in [2.75, 3.05) is 6.54 Å². The van der Waals surface area contributed by atoms with E-state index in [0.717, 1.165) is 55.2 Å². The zero-order chi connectivity index (χ0) is 26.7. The molecular formula is C30H38N6O2. The molecule has 8 nitrogen and oxygen atoms in total. The van der Waals surface area contributed by atoms with Gasteiger partial charge >= 0.3 is 5.97 Å². The number of ether oxygens (including phenoxy) is 1. The lowest BCUT2D eigenvalue weighted by Crippen LogP contribution is -2.46. The molecule has 200 valence electrons. The van der Waals surface area contributed by atoms with E-state index in [1.165, 1.54) is 11.3 Å². The molecule has 1 saturated heterocycles. The number of hydrogen-bond donors (Lipinski definition) is 1. The lowest BCUT2D eigenvalue weighted by Gasteiger charge is -2.44. The SMILES string of the molecule is CCCCC1=CN(CC(=O)OC(C)(C)C)C2CCCC(c3ccc(-c4ccccc4-c4nnn[nH]4)cc3)N12. The van der Waals surface area contributed by atoms with Gasteiger partial charge in [-0.25, -0.2) is 5.10 Å². The number of H-pyrrole nitrogens is 1. The minimum Gasteiger partial charge on any atom is -0.459 e. The van der Waals surface area contributed by atoms with Gasteiger partial charge in [0, 0.05) is 17.5 Å². The maximum Gasteiger partial charge on any atom is 0.326 e. The monoisotopic (exact) mass is 514 g/mol. The van der Waals surface area contributed by atoms with Crippen LogP contribution in [0.1, 0.15) is 77.8 Å². The summed E-state index contributed by atoms with van der Waals surface area (Å²) in [6, 6.07) is 17.4. The number of carbonyl (C=O) groups is 1. The molecule has 1 aromatic heterocycles. The van der Waals surface area contributed by atoms with Gasteiger partial charge in [0.25, 0.3) is 0 Å². The average Bonchev–Trinajstić information content (AvgIpc) is 3.55. The zero-order valence-corrected chi connectivity index (χ0v) is 22.9. The topological polar surface area (TPSA) is 87.2 Å². The Bertz CT molecular complexity index is 1260. The van der Waals surface area contributed by atoms with Crippen molar-refractivity contribution in [3.63, 3.8) is 0 Å². The minimum absolute atomic E-state index is 0.169. The quantitative estimate of drug-likeness (QED) is 0.365. The minimum atomic E-state index is -0.481. The molecule has 2 aromatic carbocycles. The van der Waals surface area contributed by atoms with Crippen molar-refractivity contribution < 1.29 is 9.53 Å². The molecule has 0 aliphatic carbocycles. The van der Waals surface area contributed by atoms with Crippen LogP contribution in [0.3, 0.4) is 0 Å². The van der Waals surface area contributed by atoms with Crippen molar-refractivity contribution in [1.82, 2.24) is 30.4 Å². The highest BCUT2D eigenvalue weighted by Crippen LogP contribution is 2.44. The number of esters is 1. The fourth-order valence-electron chi connectivity index (χ4n) is 5.69. The Balaban J connectivity index is 1.39. The Morgan fingerprint density at radius 1 is 1.08 bits per heavy atom. The van der Waals surface area contributed by atoms with Crippen LogP contribution >= 0.6 is 0 Å². The van der Waals surface area contributed by atoms with Crippen LogP contribution in [0.4, 0.5) is 0 Å². The Morgan fingerprint density at radius 3 is 2.53 bits per heavy atom. The molecule has 0 radical (unpaired) electrons. The smallest absolute Gasteiger partial charge is 0.326 e. The van der Waals surface area contributed by atoms with Crippen LogP contribution in [-0.4, -0.2) is 54.7 Å². The van der Waals surface area contributed by atoms with Gasteiger partial charge in [-0.2, -0.15) is 0 Å². The van der Waals surface area contributed by atoms with Gasteiger partial charge in [-0.3, -0.25) is 4.79 Å². The van der Waals surface area contributed by atoms with E-state index < -0.39 is 5.60 Å². The Labute approximate surface area is 225 Å². The van der Waals surface area contributed by atoms with Gasteiger partial charge < -0.3 is 14.5 Å². The largest absolute Gasteiger partial charge is 0.459 e. The van der Waals surface area contributed by atoms with E-state index in [1.54, 1.807) is 0 Å². The lowest BCUT2D eigenvalue weighted by molar-refractivity contribution is -0.156. The van der Waals surface area contributed by atoms with Crippen LogP contribution in [-0.2, 0) is 9.53 Å². The van der Waals surface area contributed by atoms with Crippen molar-refractivity contribution in [2.45, 2.75) is 84.0 Å². The molecule has 38 heavy (non-hydrogen) atoms. The van der Waals surface area contributed by atoms with Crippen molar-refractivity contribution in [3.8, 4) is 22.5 Å². The molecule has 2 aliphatic rings. The van der Waals surface area contributed by atoms with Crippen LogP contribution in [0, 0.1) is 0 Å². The molecule has 5 rings (SSSR count). The number of unbranched alkanes of at least 4 members (excludes halogenated alkanes) is 1. The van der Waals surface area contributed by atoms with E-state index in [1.807, 2.05) is 39.0 Å². The summed E-state index contributed by atoms with van der Waals surface area (Å²) in [4.78, 5) is 17.5. The van der Waals surface area contributed by atoms with Crippen LogP contribution in [0.15, 0.2) is 60.4 Å². The van der Waals surface area contributed by atoms with Crippen molar-refractivity contribution in [2.24, 2.45) is 0 Å². The molecule has 3 aromatic rings. The molecule has 2 atom stereocenters. The summed E-state index contributed by atoms with van der Waals surface area (Å²) in [5.41, 5.74) is 5.35. The number of fused-ring (bicyclic) bond motifs is 1. The third kappa shape index (κ3) is 5.59. The fourth-order valence-corrected chi connectivity index (χ4v) is 5.69. The van der Waals surface area contributed by atoms with E-state index >= 15 is 0 Å². The first-order valence-electron chi connectivity index (χ1n) is 13.7. The zero-order valence-electron chi connectivity index (χ0n) is 22.9. The molecule has 0 bridgehead atoms. The van der Waals surface area contributed by atoms with Gasteiger partial charge in [-0.05, 0) is 80.0 Å². The number of piperidine rings is 1. The molecule has 1 fully saturated rings. The van der Waals surface area contributed by atoms with E-state index in [0.29, 0.717) is 5.82 Å². The van der Waals surface area contributed by atoms with Crippen LogP contribution in [0.5, 0.6) is 0 Å². The Hall–Kier alpha value is -3.68. The molecule has 8 heteroatoms. The van der Waals surface area contributed by atoms with E-state index in [2.05, 4.69) is 73.9 Å². The molecule has 3 heterocycles. The number of nitrogens with one attached hydrogen (secondary N) is 1. The van der Waals surface area contributed by atoms with Gasteiger partial charge in [-0.15, -0.1) is 5.10 Å². The summed E-state index contributed by atoms with van der Waals surface area (Å²) in [6.07, 6.45) is 8.96. The highest BCUT2D eigenvalue weighted by molar-refractivity contribution is 5.80. The second kappa shape index (κ2) is 11.0. The summed E-state index contributed by atoms with van der Waals surface area (Å²) in [5.74, 6) is 0.491. The predicted molar refractivity (Wildman–Crippen MR) is 147 cm³/mol. The Kier molecular flexibility index (Phi) is 7.49. The summed E-state index contributed by atoms with van der Waals surface area (Å²) in [7, 11) is 0. The highest BCUT2D eigenvalue weighted by Gasteiger charge is 2.40. The van der Waals surface area contributed by atoms with Crippen LogP contribution < -0.4 is 0 Å². The highest BCUT2D eigenvalue weighted by atomic mass is 16.6. The van der Waals surface area contributed by atoms with Gasteiger partial charge in [-0.1, -0.05) is 61.9 Å². The van der Waals surface area contributed by atoms with Gasteiger partial charge in [0.15, 0.2) is 5.82 Å². The van der Waals surface area contributed by atoms with Crippen LogP contribution in [0.25, 0.3) is 22.5 Å². The summed E-state index contributed by atoms with van der Waals surface area (Å²) in [6.45, 7) is 8.28. The van der Waals surface area contributed by atoms with Crippen molar-refractivity contribution >= 4 is 5.97 Å². The number of rotatable bonds is 8. The first-order chi connectivity index (χ1) is 18.3. The number of carbonyl (C=O) groups excluding carboxylic acids is 1. The lowest BCUT2D eigenvalue weighted by atomic mass is 9.91. The molecule has 1 N–H and O–H groups in total. The Morgan fingerprint density at radius 2 is 1.84 bits per heavy atom. The van der Waals surface area contributed by atoms with Gasteiger partial charge in [0.1, 0.15) is 18.3 Å². The van der Waals surface area contributed by atoms with Gasteiger partial charge in [0.2, 0.25) is 0 Å². The standard InChI is InChI=1S/C30H38N6O2/c1-5-6-10-23-19-35(20-28(37)38-30(2,3)4)27-14-9-13-26(36(23)27)22-17-15-21(16-18-22)24-11-7-8-12-25(24)29-31-33-34-32-29/h7-8,11-12,15-19,26-27H,5-6,9-10,13-14,20H2,1-4H3,(H,31,32,33,34). The number of aromatic amines is 1. The molecule has 2 unspecified atom stereocenters. The normalized spacial score (nSPS) is 19.3. The molecule has 0 spiro atoms. The molecular weight excluding hydrogens is 476 g/mol. The van der Waals surface area contributed by atoms with E-state index in [9.17, 15) is 4.79 Å². The number of nitrogens with zero attached hydrogens (tertiary/aromatic N) is 5. The maximum absolute atomic E-state index is 12.7. The van der Waals surface area contributed by atoms with Crippen molar-refractivity contribution in [3.05, 3.63) is 66.0 Å². The second-order valence-corrected chi connectivity index (χ2v) is 11.2. The third-order valence-corrected chi connectivity index (χ3v) is 7.28. The molecule has 0 saturated carbocycles. The second-order valence-electron chi connectivity index (χ2n) is 11.2. The van der Waals surface area contributed by atoms with E-state index in [-0.39, 0.29) is 24.7 Å². The third-order valence-electron chi connectivity index (χ3n) is 7.28. The summed E-state index contributed by atoms with van der Waals surface area (Å²) in [5, 5.41) is 14.5. The summed E-state index contributed by atoms with van der Waals surface area (Å²) >= 11 is 0. The number of tetrazole rings is 1. The number of aromatic nitrogens is 4. The maximum atomic E-state index is 12.7. The number of allylic oxidation sites excluding steroid dienone is 1. The number of benzene rings is 2. The summed E-state index contributed by atoms with van der Waals surface area (Å²) < 4.78 is 5.66. The van der Waals surface area contributed by atoms with Crippen LogP contribution in [0.2, 0.25) is 0 Å². The fraction of sp³-hybridized carbons (Fsp3) is 0.467. The molecule has 0 amide bonds. The molecule has 2 aliphatic heterocycles. The first kappa shape index (κ1) is 25.9. The number of hydrogen-bond acceptors (Lipinski definition) is 7.